The molecule has 0 unspecified atom stereocenters. The predicted molar refractivity (Wildman–Crippen MR) is 120 cm³/mol. The first-order valence-corrected chi connectivity index (χ1v) is 12.3. The van der Waals surface area contributed by atoms with Crippen LogP contribution in [0.5, 0.6) is 0 Å². The van der Waals surface area contributed by atoms with Crippen molar-refractivity contribution in [1.82, 2.24) is 19.7 Å². The average Bonchev–Trinajstić information content (AvgIpc) is 3.45. The van der Waals surface area contributed by atoms with Gasteiger partial charge >= 0.3 is 0 Å². The van der Waals surface area contributed by atoms with Gasteiger partial charge in [-0.3, -0.25) is 9.36 Å². The summed E-state index contributed by atoms with van der Waals surface area (Å²) >= 11 is 3.09. The van der Waals surface area contributed by atoms with E-state index < -0.39 is 0 Å². The molecule has 4 heterocycles. The minimum atomic E-state index is -0.102. The van der Waals surface area contributed by atoms with Crippen LogP contribution in [0.3, 0.4) is 0 Å². The lowest BCUT2D eigenvalue weighted by molar-refractivity contribution is 0.0937. The highest BCUT2D eigenvalue weighted by atomic mass is 32.2. The SMILES string of the molecule is CCCc1noc([C@@H](C)Sc2nc3sc(C)c(CC)c3c(=O)n2C[C@H]2CCCO2)n1. The Kier molecular flexibility index (Phi) is 6.60. The Morgan fingerprint density at radius 1 is 1.33 bits per heavy atom. The van der Waals surface area contributed by atoms with Crippen molar-refractivity contribution in [3.05, 3.63) is 32.5 Å². The summed E-state index contributed by atoms with van der Waals surface area (Å²) in [5.74, 6) is 1.29. The van der Waals surface area contributed by atoms with E-state index in [1.54, 1.807) is 15.9 Å². The summed E-state index contributed by atoms with van der Waals surface area (Å²) in [5, 5.41) is 5.41. The molecule has 4 rings (SSSR count). The van der Waals surface area contributed by atoms with Gasteiger partial charge in [-0.15, -0.1) is 11.3 Å². The smallest absolute Gasteiger partial charge is 0.263 e. The van der Waals surface area contributed by atoms with Crippen LogP contribution in [0.2, 0.25) is 0 Å². The van der Waals surface area contributed by atoms with Crippen LogP contribution in [0.25, 0.3) is 10.2 Å². The molecule has 1 aliphatic rings. The number of ether oxygens (including phenoxy) is 1. The Labute approximate surface area is 184 Å². The minimum absolute atomic E-state index is 0.0311. The van der Waals surface area contributed by atoms with Crippen molar-refractivity contribution in [2.24, 2.45) is 0 Å². The lowest BCUT2D eigenvalue weighted by atomic mass is 10.1. The van der Waals surface area contributed by atoms with Gasteiger partial charge in [0, 0.05) is 17.9 Å². The van der Waals surface area contributed by atoms with Gasteiger partial charge in [-0.05, 0) is 45.1 Å². The zero-order valence-electron chi connectivity index (χ0n) is 17.9. The Morgan fingerprint density at radius 2 is 2.17 bits per heavy atom. The summed E-state index contributed by atoms with van der Waals surface area (Å²) in [4.78, 5) is 24.9. The number of thiophene rings is 1. The van der Waals surface area contributed by atoms with Crippen LogP contribution in [-0.4, -0.2) is 32.4 Å². The van der Waals surface area contributed by atoms with E-state index in [1.165, 1.54) is 11.8 Å². The molecular formula is C21H28N4O3S2. The van der Waals surface area contributed by atoms with E-state index in [9.17, 15) is 4.79 Å². The molecule has 0 aliphatic carbocycles. The third-order valence-corrected chi connectivity index (χ3v) is 7.55. The van der Waals surface area contributed by atoms with E-state index in [-0.39, 0.29) is 16.9 Å². The van der Waals surface area contributed by atoms with Gasteiger partial charge in [0.1, 0.15) is 4.83 Å². The first-order valence-electron chi connectivity index (χ1n) is 10.6. The van der Waals surface area contributed by atoms with E-state index in [1.807, 2.05) is 6.92 Å². The van der Waals surface area contributed by atoms with Gasteiger partial charge in [-0.2, -0.15) is 4.98 Å². The van der Waals surface area contributed by atoms with Crippen LogP contribution in [0.15, 0.2) is 14.5 Å². The van der Waals surface area contributed by atoms with Gasteiger partial charge in [0.2, 0.25) is 5.89 Å². The van der Waals surface area contributed by atoms with Crippen molar-refractivity contribution in [2.75, 3.05) is 6.61 Å². The standard InChI is InChI=1S/C21H28N4O3S2/c1-5-8-16-22-18(28-24-16)13(4)30-21-23-19-17(15(6-2)12(3)29-19)20(26)25(21)11-14-9-7-10-27-14/h13-14H,5-11H2,1-4H3/t13-,14-/m1/s1. The summed E-state index contributed by atoms with van der Waals surface area (Å²) in [6.45, 7) is 9.54. The molecule has 30 heavy (non-hydrogen) atoms. The molecule has 3 aromatic rings. The maximum atomic E-state index is 13.5. The Hall–Kier alpha value is -1.71. The molecule has 2 atom stereocenters. The molecule has 0 saturated carbocycles. The number of thioether (sulfide) groups is 1. The summed E-state index contributed by atoms with van der Waals surface area (Å²) in [6.07, 6.45) is 4.65. The monoisotopic (exact) mass is 448 g/mol. The van der Waals surface area contributed by atoms with E-state index >= 15 is 0 Å². The lowest BCUT2D eigenvalue weighted by Crippen LogP contribution is -2.29. The third kappa shape index (κ3) is 4.20. The molecule has 1 saturated heterocycles. The fraction of sp³-hybridized carbons (Fsp3) is 0.619. The van der Waals surface area contributed by atoms with Crippen molar-refractivity contribution in [2.45, 2.75) is 82.9 Å². The maximum Gasteiger partial charge on any atom is 0.263 e. The van der Waals surface area contributed by atoms with Crippen molar-refractivity contribution in [3.8, 4) is 0 Å². The molecule has 7 nitrogen and oxygen atoms in total. The average molecular weight is 449 g/mol. The number of nitrogens with zero attached hydrogens (tertiary/aromatic N) is 4. The van der Waals surface area contributed by atoms with Crippen molar-refractivity contribution in [1.29, 1.82) is 0 Å². The van der Waals surface area contributed by atoms with Gasteiger partial charge in [-0.1, -0.05) is 30.8 Å². The van der Waals surface area contributed by atoms with Crippen LogP contribution >= 0.6 is 23.1 Å². The Balaban J connectivity index is 1.73. The lowest BCUT2D eigenvalue weighted by Gasteiger charge is -2.17. The highest BCUT2D eigenvalue weighted by Gasteiger charge is 2.25. The topological polar surface area (TPSA) is 83.0 Å². The van der Waals surface area contributed by atoms with Crippen LogP contribution in [-0.2, 0) is 24.1 Å². The molecule has 9 heteroatoms. The zero-order chi connectivity index (χ0) is 21.3. The second kappa shape index (κ2) is 9.20. The number of aryl methyl sites for hydroxylation is 3. The molecule has 0 N–H and O–H groups in total. The molecular weight excluding hydrogens is 420 g/mol. The van der Waals surface area contributed by atoms with Crippen LogP contribution < -0.4 is 5.56 Å². The normalized spacial score (nSPS) is 17.8. The molecule has 3 aromatic heterocycles. The second-order valence-electron chi connectivity index (χ2n) is 7.67. The fourth-order valence-corrected chi connectivity index (χ4v) is 5.97. The number of hydrogen-bond donors (Lipinski definition) is 0. The molecule has 0 radical (unpaired) electrons. The number of aromatic nitrogens is 4. The number of fused-ring (bicyclic) bond motifs is 1. The first-order chi connectivity index (χ1) is 14.5. The van der Waals surface area contributed by atoms with Crippen LogP contribution in [0, 0.1) is 6.92 Å². The number of hydrogen-bond acceptors (Lipinski definition) is 8. The fourth-order valence-electron chi connectivity index (χ4n) is 3.87. The van der Waals surface area contributed by atoms with Crippen molar-refractivity contribution < 1.29 is 9.26 Å². The highest BCUT2D eigenvalue weighted by molar-refractivity contribution is 7.99. The largest absolute Gasteiger partial charge is 0.376 e. The van der Waals surface area contributed by atoms with Gasteiger partial charge in [-0.25, -0.2) is 4.98 Å². The third-order valence-electron chi connectivity index (χ3n) is 5.43. The quantitative estimate of drug-likeness (QED) is 0.365. The summed E-state index contributed by atoms with van der Waals surface area (Å²) in [6, 6.07) is 0. The molecule has 0 amide bonds. The summed E-state index contributed by atoms with van der Waals surface area (Å²) in [5.41, 5.74) is 1.14. The van der Waals surface area contributed by atoms with Gasteiger partial charge < -0.3 is 9.26 Å². The van der Waals surface area contributed by atoms with Gasteiger partial charge in [0.15, 0.2) is 11.0 Å². The molecule has 0 aromatic carbocycles. The van der Waals surface area contributed by atoms with Crippen LogP contribution in [0.4, 0.5) is 0 Å². The molecule has 162 valence electrons. The van der Waals surface area contributed by atoms with Gasteiger partial charge in [0.25, 0.3) is 5.56 Å². The Bertz CT molecular complexity index is 1080. The molecule has 0 bridgehead atoms. The number of rotatable bonds is 8. The predicted octanol–water partition coefficient (Wildman–Crippen LogP) is 4.70. The van der Waals surface area contributed by atoms with Crippen molar-refractivity contribution >= 4 is 33.3 Å². The zero-order valence-corrected chi connectivity index (χ0v) is 19.6. The molecule has 1 aliphatic heterocycles. The van der Waals surface area contributed by atoms with E-state index in [4.69, 9.17) is 14.2 Å². The first kappa shape index (κ1) is 21.5. The highest BCUT2D eigenvalue weighted by Crippen LogP contribution is 2.35. The molecule has 0 spiro atoms. The molecule has 1 fully saturated rings. The van der Waals surface area contributed by atoms with E-state index in [0.717, 1.165) is 65.2 Å². The van der Waals surface area contributed by atoms with Crippen LogP contribution in [0.1, 0.15) is 67.4 Å². The van der Waals surface area contributed by atoms with Gasteiger partial charge in [0.05, 0.1) is 23.3 Å². The maximum absolute atomic E-state index is 13.5. The summed E-state index contributed by atoms with van der Waals surface area (Å²) in [7, 11) is 0. The summed E-state index contributed by atoms with van der Waals surface area (Å²) < 4.78 is 13.1. The van der Waals surface area contributed by atoms with E-state index in [0.29, 0.717) is 17.6 Å². The Morgan fingerprint density at radius 3 is 2.87 bits per heavy atom. The second-order valence-corrected chi connectivity index (χ2v) is 10.2. The van der Waals surface area contributed by atoms with E-state index in [2.05, 4.69) is 30.9 Å². The van der Waals surface area contributed by atoms with Crippen molar-refractivity contribution in [3.63, 3.8) is 0 Å². The minimum Gasteiger partial charge on any atom is -0.376 e.